The first kappa shape index (κ1) is 16.2. The Morgan fingerprint density at radius 2 is 2.08 bits per heavy atom. The van der Waals surface area contributed by atoms with Crippen LogP contribution in [-0.4, -0.2) is 42.5 Å². The molecule has 25 heavy (non-hydrogen) atoms. The van der Waals surface area contributed by atoms with E-state index < -0.39 is 5.41 Å². The second kappa shape index (κ2) is 6.20. The maximum absolute atomic E-state index is 12.4. The molecule has 1 aromatic heterocycles. The largest absolute Gasteiger partial charge is 0.497 e. The van der Waals surface area contributed by atoms with E-state index in [4.69, 9.17) is 9.47 Å². The van der Waals surface area contributed by atoms with Gasteiger partial charge in [0, 0.05) is 6.54 Å². The minimum atomic E-state index is -0.653. The molecular formula is C17H18N4O3S. The molecule has 1 saturated heterocycles. The molecule has 0 saturated carbocycles. The Labute approximate surface area is 149 Å². The average molecular weight is 358 g/mol. The third-order valence-corrected chi connectivity index (χ3v) is 5.06. The first-order valence-corrected chi connectivity index (χ1v) is 9.11. The molecule has 2 aliphatic heterocycles. The Hall–Kier alpha value is -2.32. The van der Waals surface area contributed by atoms with E-state index in [1.807, 2.05) is 30.5 Å². The average Bonchev–Trinajstić information content (AvgIpc) is 2.92. The molecule has 3 heterocycles. The fourth-order valence-electron chi connectivity index (χ4n) is 2.97. The predicted octanol–water partition coefficient (Wildman–Crippen LogP) is 2.04. The lowest BCUT2D eigenvalue weighted by Crippen LogP contribution is -2.52. The van der Waals surface area contributed by atoms with Crippen molar-refractivity contribution in [3.05, 3.63) is 35.5 Å². The number of hydrogen-bond acceptors (Lipinski definition) is 7. The van der Waals surface area contributed by atoms with Gasteiger partial charge in [0.05, 0.1) is 26.0 Å². The molecule has 0 aliphatic carbocycles. The first-order valence-electron chi connectivity index (χ1n) is 7.89. The molecule has 1 amide bonds. The molecule has 2 aromatic rings. The molecule has 0 atom stereocenters. The molecule has 8 heteroatoms. The molecule has 7 nitrogen and oxygen atoms in total. The van der Waals surface area contributed by atoms with E-state index in [9.17, 15) is 4.79 Å². The number of nitrogens with one attached hydrogen (secondary N) is 2. The highest BCUT2D eigenvalue weighted by Crippen LogP contribution is 2.45. The van der Waals surface area contributed by atoms with E-state index >= 15 is 0 Å². The zero-order chi connectivity index (χ0) is 17.4. The summed E-state index contributed by atoms with van der Waals surface area (Å²) in [4.78, 5) is 21.5. The van der Waals surface area contributed by atoms with Gasteiger partial charge in [-0.2, -0.15) is 0 Å². The van der Waals surface area contributed by atoms with Gasteiger partial charge in [0.1, 0.15) is 16.9 Å². The number of benzene rings is 1. The van der Waals surface area contributed by atoms with Crippen molar-refractivity contribution in [3.8, 4) is 5.75 Å². The van der Waals surface area contributed by atoms with Gasteiger partial charge in [-0.25, -0.2) is 9.97 Å². The zero-order valence-corrected chi connectivity index (χ0v) is 14.8. The van der Waals surface area contributed by atoms with Crippen molar-refractivity contribution in [2.24, 2.45) is 0 Å². The van der Waals surface area contributed by atoms with Crippen molar-refractivity contribution in [3.63, 3.8) is 0 Å². The summed E-state index contributed by atoms with van der Waals surface area (Å²) in [6.45, 7) is 1.32. The monoisotopic (exact) mass is 358 g/mol. The lowest BCUT2D eigenvalue weighted by Gasteiger charge is -2.34. The van der Waals surface area contributed by atoms with E-state index in [1.54, 1.807) is 7.11 Å². The molecule has 2 aliphatic rings. The summed E-state index contributed by atoms with van der Waals surface area (Å²) < 4.78 is 10.5. The highest BCUT2D eigenvalue weighted by atomic mass is 32.2. The summed E-state index contributed by atoms with van der Waals surface area (Å²) in [6, 6.07) is 7.81. The summed E-state index contributed by atoms with van der Waals surface area (Å²) in [5.74, 6) is 1.40. The molecule has 0 bridgehead atoms. The van der Waals surface area contributed by atoms with Gasteiger partial charge in [-0.3, -0.25) is 4.79 Å². The van der Waals surface area contributed by atoms with Gasteiger partial charge >= 0.3 is 0 Å². The van der Waals surface area contributed by atoms with Crippen molar-refractivity contribution in [2.45, 2.75) is 17.1 Å². The standard InChI is InChI=1S/C17H18N4O3S/c1-23-11-5-3-10(4-6-11)7-18-14-12-13(20-16(21-14)25-2)17(8-24-9-17)15(22)19-12/h3-6H,7-9H2,1-2H3,(H,19,22)(H,18,20,21). The topological polar surface area (TPSA) is 85.4 Å². The first-order chi connectivity index (χ1) is 12.2. The van der Waals surface area contributed by atoms with Crippen LogP contribution in [0.5, 0.6) is 5.75 Å². The number of carbonyl (C=O) groups is 1. The SMILES string of the molecule is COc1ccc(CNc2nc(SC)nc3c2NC(=O)C32COC2)cc1. The van der Waals surface area contributed by atoms with Crippen LogP contribution < -0.4 is 15.4 Å². The normalized spacial score (nSPS) is 17.0. The van der Waals surface area contributed by atoms with E-state index in [-0.39, 0.29) is 5.91 Å². The molecule has 1 spiro atoms. The summed E-state index contributed by atoms with van der Waals surface area (Å²) in [7, 11) is 1.64. The van der Waals surface area contributed by atoms with Crippen LogP contribution in [0.25, 0.3) is 0 Å². The van der Waals surface area contributed by atoms with E-state index in [0.29, 0.717) is 36.4 Å². The van der Waals surface area contributed by atoms with Gasteiger partial charge in [0.15, 0.2) is 11.0 Å². The van der Waals surface area contributed by atoms with Crippen LogP contribution in [0.2, 0.25) is 0 Å². The fraction of sp³-hybridized carbons (Fsp3) is 0.353. The highest BCUT2D eigenvalue weighted by Gasteiger charge is 2.55. The summed E-state index contributed by atoms with van der Waals surface area (Å²) in [5.41, 5.74) is 1.84. The molecule has 2 N–H and O–H groups in total. The van der Waals surface area contributed by atoms with Crippen molar-refractivity contribution in [2.75, 3.05) is 37.2 Å². The number of amides is 1. The lowest BCUT2D eigenvalue weighted by molar-refractivity contribution is -0.138. The van der Waals surface area contributed by atoms with Gasteiger partial charge in [-0.05, 0) is 24.0 Å². The van der Waals surface area contributed by atoms with Crippen LogP contribution in [0, 0.1) is 0 Å². The summed E-state index contributed by atoms with van der Waals surface area (Å²) >= 11 is 1.45. The molecule has 0 radical (unpaired) electrons. The molecule has 1 fully saturated rings. The second-order valence-corrected chi connectivity index (χ2v) is 6.79. The maximum atomic E-state index is 12.4. The Kier molecular flexibility index (Phi) is 4.01. The Balaban J connectivity index is 1.62. The molecule has 1 aromatic carbocycles. The number of aromatic nitrogens is 2. The summed E-state index contributed by atoms with van der Waals surface area (Å²) in [6.07, 6.45) is 1.92. The number of anilines is 2. The van der Waals surface area contributed by atoms with Gasteiger partial charge in [0.25, 0.3) is 0 Å². The van der Waals surface area contributed by atoms with Crippen LogP contribution in [0.15, 0.2) is 29.4 Å². The maximum Gasteiger partial charge on any atom is 0.241 e. The number of nitrogens with zero attached hydrogens (tertiary/aromatic N) is 2. The van der Waals surface area contributed by atoms with Gasteiger partial charge in [-0.1, -0.05) is 23.9 Å². The van der Waals surface area contributed by atoms with E-state index in [0.717, 1.165) is 17.0 Å². The number of hydrogen-bond donors (Lipinski definition) is 2. The molecular weight excluding hydrogens is 340 g/mol. The Bertz CT molecular complexity index is 821. The van der Waals surface area contributed by atoms with Gasteiger partial charge in [0.2, 0.25) is 5.91 Å². The fourth-order valence-corrected chi connectivity index (χ4v) is 3.33. The highest BCUT2D eigenvalue weighted by molar-refractivity contribution is 7.98. The predicted molar refractivity (Wildman–Crippen MR) is 95.3 cm³/mol. The lowest BCUT2D eigenvalue weighted by atomic mass is 9.83. The number of rotatable bonds is 5. The molecule has 4 rings (SSSR count). The molecule has 0 unspecified atom stereocenters. The van der Waals surface area contributed by atoms with Crippen LogP contribution in [-0.2, 0) is 21.5 Å². The Morgan fingerprint density at radius 1 is 1.32 bits per heavy atom. The number of methoxy groups -OCH3 is 1. The van der Waals surface area contributed by atoms with Crippen molar-refractivity contribution >= 4 is 29.2 Å². The van der Waals surface area contributed by atoms with Crippen LogP contribution in [0.1, 0.15) is 11.3 Å². The smallest absolute Gasteiger partial charge is 0.241 e. The quantitative estimate of drug-likeness (QED) is 0.625. The number of carbonyl (C=O) groups excluding carboxylic acids is 1. The number of fused-ring (bicyclic) bond motifs is 2. The minimum absolute atomic E-state index is 0.0613. The van der Waals surface area contributed by atoms with Gasteiger partial charge < -0.3 is 20.1 Å². The van der Waals surface area contributed by atoms with Crippen molar-refractivity contribution in [1.29, 1.82) is 0 Å². The molecule has 130 valence electrons. The minimum Gasteiger partial charge on any atom is -0.497 e. The zero-order valence-electron chi connectivity index (χ0n) is 14.0. The number of thioether (sulfide) groups is 1. The van der Waals surface area contributed by atoms with Gasteiger partial charge in [-0.15, -0.1) is 0 Å². The second-order valence-electron chi connectivity index (χ2n) is 6.01. The van der Waals surface area contributed by atoms with Crippen molar-refractivity contribution < 1.29 is 14.3 Å². The Morgan fingerprint density at radius 3 is 2.68 bits per heavy atom. The third kappa shape index (κ3) is 2.61. The van der Waals surface area contributed by atoms with E-state index in [1.165, 1.54) is 11.8 Å². The third-order valence-electron chi connectivity index (χ3n) is 4.51. The van der Waals surface area contributed by atoms with Crippen LogP contribution in [0.3, 0.4) is 0 Å². The van der Waals surface area contributed by atoms with Crippen molar-refractivity contribution in [1.82, 2.24) is 9.97 Å². The number of ether oxygens (including phenoxy) is 2. The summed E-state index contributed by atoms with van der Waals surface area (Å²) in [5, 5.41) is 6.89. The van der Waals surface area contributed by atoms with Crippen LogP contribution >= 0.6 is 11.8 Å². The van der Waals surface area contributed by atoms with E-state index in [2.05, 4.69) is 20.6 Å². The van der Waals surface area contributed by atoms with Crippen LogP contribution in [0.4, 0.5) is 11.5 Å².